The first kappa shape index (κ1) is 14.8. The van der Waals surface area contributed by atoms with Gasteiger partial charge in [-0.3, -0.25) is 9.59 Å². The Balaban J connectivity index is 1.61. The fourth-order valence-electron chi connectivity index (χ4n) is 2.90. The molecule has 1 fully saturated rings. The van der Waals surface area contributed by atoms with E-state index in [-0.39, 0.29) is 24.1 Å². The first-order valence-corrected chi connectivity index (χ1v) is 7.90. The number of ether oxygens (including phenoxy) is 1. The van der Waals surface area contributed by atoms with Crippen LogP contribution in [0.25, 0.3) is 10.9 Å². The van der Waals surface area contributed by atoms with E-state index < -0.39 is 0 Å². The number of hydrogen-bond donors (Lipinski definition) is 1. The van der Waals surface area contributed by atoms with Crippen molar-refractivity contribution in [1.82, 2.24) is 9.97 Å². The summed E-state index contributed by atoms with van der Waals surface area (Å²) in [7, 11) is 0. The zero-order valence-electron chi connectivity index (χ0n) is 12.5. The molecule has 0 unspecified atom stereocenters. The Kier molecular flexibility index (Phi) is 4.51. The van der Waals surface area contributed by atoms with Crippen LogP contribution in [0, 0.1) is 0 Å². The molecule has 1 aromatic carbocycles. The van der Waals surface area contributed by atoms with E-state index in [1.54, 1.807) is 18.2 Å². The molecule has 0 spiro atoms. The lowest BCUT2D eigenvalue weighted by atomic mass is 9.98. The predicted octanol–water partition coefficient (Wildman–Crippen LogP) is 2.73. The van der Waals surface area contributed by atoms with Gasteiger partial charge in [-0.2, -0.15) is 0 Å². The van der Waals surface area contributed by atoms with Crippen LogP contribution in [0.1, 0.15) is 44.3 Å². The molecule has 116 valence electrons. The largest absolute Gasteiger partial charge is 0.462 e. The van der Waals surface area contributed by atoms with E-state index in [4.69, 9.17) is 4.74 Å². The molecule has 0 amide bonds. The van der Waals surface area contributed by atoms with Crippen LogP contribution in [0.2, 0.25) is 0 Å². The molecule has 1 aromatic heterocycles. The Morgan fingerprint density at radius 3 is 2.82 bits per heavy atom. The third-order valence-corrected chi connectivity index (χ3v) is 4.08. The molecule has 0 aliphatic heterocycles. The normalized spacial score (nSPS) is 15.8. The third-order valence-electron chi connectivity index (χ3n) is 4.08. The molecule has 0 bridgehead atoms. The van der Waals surface area contributed by atoms with Crippen LogP contribution >= 0.6 is 0 Å². The number of nitrogens with one attached hydrogen (secondary N) is 1. The lowest BCUT2D eigenvalue weighted by molar-refractivity contribution is -0.150. The van der Waals surface area contributed by atoms with Crippen LogP contribution in [0.3, 0.4) is 0 Å². The van der Waals surface area contributed by atoms with Crippen LogP contribution in [0.4, 0.5) is 0 Å². The number of aromatic amines is 1. The van der Waals surface area contributed by atoms with E-state index in [9.17, 15) is 9.59 Å². The molecule has 2 aromatic rings. The summed E-state index contributed by atoms with van der Waals surface area (Å²) in [5.41, 5.74) is 0.489. The van der Waals surface area contributed by atoms with E-state index in [2.05, 4.69) is 9.97 Å². The van der Waals surface area contributed by atoms with Gasteiger partial charge in [0.2, 0.25) is 0 Å². The second-order valence-corrected chi connectivity index (χ2v) is 5.78. The van der Waals surface area contributed by atoms with Crippen LogP contribution in [-0.2, 0) is 16.0 Å². The Morgan fingerprint density at radius 2 is 2.00 bits per heavy atom. The molecule has 0 radical (unpaired) electrons. The van der Waals surface area contributed by atoms with Crippen molar-refractivity contribution < 1.29 is 9.53 Å². The van der Waals surface area contributed by atoms with Crippen molar-refractivity contribution in [3.63, 3.8) is 0 Å². The molecular weight excluding hydrogens is 280 g/mol. The summed E-state index contributed by atoms with van der Waals surface area (Å²) in [6.07, 6.45) is 6.16. The van der Waals surface area contributed by atoms with Gasteiger partial charge in [0.1, 0.15) is 11.9 Å². The highest BCUT2D eigenvalue weighted by Gasteiger charge is 2.17. The van der Waals surface area contributed by atoms with Crippen molar-refractivity contribution in [1.29, 1.82) is 0 Å². The second-order valence-electron chi connectivity index (χ2n) is 5.78. The Bertz CT molecular complexity index is 717. The highest BCUT2D eigenvalue weighted by molar-refractivity contribution is 5.77. The summed E-state index contributed by atoms with van der Waals surface area (Å²) in [6, 6.07) is 7.19. The molecule has 3 rings (SSSR count). The van der Waals surface area contributed by atoms with Gasteiger partial charge in [-0.15, -0.1) is 0 Å². The minimum atomic E-state index is -0.206. The number of fused-ring (bicyclic) bond motifs is 1. The van der Waals surface area contributed by atoms with Gasteiger partial charge in [0.15, 0.2) is 0 Å². The zero-order chi connectivity index (χ0) is 15.4. The fourth-order valence-corrected chi connectivity index (χ4v) is 2.90. The smallest absolute Gasteiger partial charge is 0.306 e. The lowest BCUT2D eigenvalue weighted by Crippen LogP contribution is -2.21. The number of carbonyl (C=O) groups is 1. The minimum Gasteiger partial charge on any atom is -0.462 e. The van der Waals surface area contributed by atoms with Crippen LogP contribution in [0.5, 0.6) is 0 Å². The summed E-state index contributed by atoms with van der Waals surface area (Å²) >= 11 is 0. The Labute approximate surface area is 128 Å². The number of H-pyrrole nitrogens is 1. The van der Waals surface area contributed by atoms with Crippen molar-refractivity contribution in [3.05, 3.63) is 40.4 Å². The SMILES string of the molecule is O=C(CCc1nc2ccccc2c(=O)[nH]1)OC1CCCCC1. The summed E-state index contributed by atoms with van der Waals surface area (Å²) in [5, 5.41) is 0.566. The van der Waals surface area contributed by atoms with Gasteiger partial charge in [0, 0.05) is 6.42 Å². The second kappa shape index (κ2) is 6.73. The van der Waals surface area contributed by atoms with E-state index in [0.29, 0.717) is 23.1 Å². The van der Waals surface area contributed by atoms with Crippen LogP contribution < -0.4 is 5.56 Å². The van der Waals surface area contributed by atoms with Gasteiger partial charge in [-0.1, -0.05) is 18.6 Å². The average molecular weight is 300 g/mol. The Morgan fingerprint density at radius 1 is 1.23 bits per heavy atom. The summed E-state index contributed by atoms with van der Waals surface area (Å²) in [5.74, 6) is 0.326. The molecule has 5 heteroatoms. The summed E-state index contributed by atoms with van der Waals surface area (Å²) < 4.78 is 5.47. The zero-order valence-corrected chi connectivity index (χ0v) is 12.5. The predicted molar refractivity (Wildman–Crippen MR) is 83.6 cm³/mol. The monoisotopic (exact) mass is 300 g/mol. The molecule has 1 saturated carbocycles. The van der Waals surface area contributed by atoms with Crippen molar-refractivity contribution in [2.45, 2.75) is 51.0 Å². The highest BCUT2D eigenvalue weighted by atomic mass is 16.5. The first-order valence-electron chi connectivity index (χ1n) is 7.90. The maximum atomic E-state index is 11.9. The van der Waals surface area contributed by atoms with E-state index in [1.165, 1.54) is 6.42 Å². The van der Waals surface area contributed by atoms with Crippen molar-refractivity contribution in [2.24, 2.45) is 0 Å². The summed E-state index contributed by atoms with van der Waals surface area (Å²) in [6.45, 7) is 0. The van der Waals surface area contributed by atoms with Gasteiger partial charge < -0.3 is 9.72 Å². The van der Waals surface area contributed by atoms with Crippen molar-refractivity contribution in [2.75, 3.05) is 0 Å². The molecule has 1 N–H and O–H groups in total. The third kappa shape index (κ3) is 3.53. The molecule has 1 aliphatic rings. The van der Waals surface area contributed by atoms with Crippen molar-refractivity contribution in [3.8, 4) is 0 Å². The van der Waals surface area contributed by atoms with Gasteiger partial charge in [-0.25, -0.2) is 4.98 Å². The standard InChI is InChI=1S/C17H20N2O3/c20-16(22-12-6-2-1-3-7-12)11-10-15-18-14-9-5-4-8-13(14)17(21)19-15/h4-5,8-9,12H,1-3,6-7,10-11H2,(H,18,19,21). The number of aryl methyl sites for hydroxylation is 1. The van der Waals surface area contributed by atoms with Gasteiger partial charge in [-0.05, 0) is 37.8 Å². The van der Waals surface area contributed by atoms with Gasteiger partial charge in [0.05, 0.1) is 17.3 Å². The minimum absolute atomic E-state index is 0.0739. The average Bonchev–Trinajstić information content (AvgIpc) is 2.54. The number of nitrogens with zero attached hydrogens (tertiary/aromatic N) is 1. The maximum Gasteiger partial charge on any atom is 0.306 e. The number of para-hydroxylation sites is 1. The number of aromatic nitrogens is 2. The van der Waals surface area contributed by atoms with Crippen molar-refractivity contribution >= 4 is 16.9 Å². The number of rotatable bonds is 4. The first-order chi connectivity index (χ1) is 10.7. The fraction of sp³-hybridized carbons (Fsp3) is 0.471. The molecule has 22 heavy (non-hydrogen) atoms. The maximum absolute atomic E-state index is 11.9. The molecular formula is C17H20N2O3. The molecule has 0 saturated heterocycles. The molecule has 1 aliphatic carbocycles. The topological polar surface area (TPSA) is 72.0 Å². The van der Waals surface area contributed by atoms with E-state index in [0.717, 1.165) is 25.7 Å². The van der Waals surface area contributed by atoms with Crippen LogP contribution in [-0.4, -0.2) is 22.0 Å². The van der Waals surface area contributed by atoms with Gasteiger partial charge in [0.25, 0.3) is 5.56 Å². The van der Waals surface area contributed by atoms with E-state index >= 15 is 0 Å². The quantitative estimate of drug-likeness (QED) is 0.881. The number of hydrogen-bond acceptors (Lipinski definition) is 4. The number of esters is 1. The summed E-state index contributed by atoms with van der Waals surface area (Å²) in [4.78, 5) is 31.0. The Hall–Kier alpha value is -2.17. The molecule has 1 heterocycles. The highest BCUT2D eigenvalue weighted by Crippen LogP contribution is 2.20. The number of carbonyl (C=O) groups excluding carboxylic acids is 1. The van der Waals surface area contributed by atoms with Crippen LogP contribution in [0.15, 0.2) is 29.1 Å². The van der Waals surface area contributed by atoms with E-state index in [1.807, 2.05) is 6.07 Å². The number of benzene rings is 1. The molecule has 0 atom stereocenters. The molecule has 5 nitrogen and oxygen atoms in total. The van der Waals surface area contributed by atoms with Gasteiger partial charge >= 0.3 is 5.97 Å². The lowest BCUT2D eigenvalue weighted by Gasteiger charge is -2.21.